The van der Waals surface area contributed by atoms with Crippen LogP contribution in [0.4, 0.5) is 5.69 Å². The van der Waals surface area contributed by atoms with Crippen LogP contribution in [0.25, 0.3) is 0 Å². The predicted octanol–water partition coefficient (Wildman–Crippen LogP) is 2.06. The first-order valence-electron chi connectivity index (χ1n) is 6.35. The summed E-state index contributed by atoms with van der Waals surface area (Å²) in [5.74, 6) is 0. The number of para-hydroxylation sites is 1. The van der Waals surface area contributed by atoms with Crippen molar-refractivity contribution >= 4 is 5.69 Å². The van der Waals surface area contributed by atoms with Gasteiger partial charge in [0.1, 0.15) is 0 Å². The number of fused-ring (bicyclic) bond motifs is 1. The lowest BCUT2D eigenvalue weighted by Gasteiger charge is -2.38. The first-order valence-corrected chi connectivity index (χ1v) is 6.35. The third kappa shape index (κ3) is 2.61. The van der Waals surface area contributed by atoms with Crippen molar-refractivity contribution in [2.75, 3.05) is 18.0 Å². The van der Waals surface area contributed by atoms with E-state index in [2.05, 4.69) is 17.0 Å². The second-order valence-electron chi connectivity index (χ2n) is 5.23. The summed E-state index contributed by atoms with van der Waals surface area (Å²) in [7, 11) is 0. The molecule has 2 unspecified atom stereocenters. The lowest BCUT2D eigenvalue weighted by molar-refractivity contribution is 0.0625. The molecular weight excluding hydrogens is 212 g/mol. The topological polar surface area (TPSA) is 49.5 Å². The number of nitrogens with two attached hydrogens (primary N) is 1. The van der Waals surface area contributed by atoms with Gasteiger partial charge in [-0.15, -0.1) is 0 Å². The van der Waals surface area contributed by atoms with Gasteiger partial charge in [0.25, 0.3) is 0 Å². The van der Waals surface area contributed by atoms with Crippen LogP contribution in [-0.2, 0) is 0 Å². The summed E-state index contributed by atoms with van der Waals surface area (Å²) in [6.45, 7) is 5.51. The molecule has 0 radical (unpaired) electrons. The van der Waals surface area contributed by atoms with Crippen LogP contribution in [0.3, 0.4) is 0 Å². The molecule has 2 rings (SSSR count). The first kappa shape index (κ1) is 12.4. The van der Waals surface area contributed by atoms with Crippen molar-refractivity contribution in [1.82, 2.24) is 0 Å². The summed E-state index contributed by atoms with van der Waals surface area (Å²) in [4.78, 5) is 2.25. The fourth-order valence-corrected chi connectivity index (χ4v) is 2.35. The Hall–Kier alpha value is -1.06. The SMILES string of the molecule is CCC(C)(O)CN1CCC(N)c2ccccc21. The molecule has 1 heterocycles. The Morgan fingerprint density at radius 1 is 1.47 bits per heavy atom. The van der Waals surface area contributed by atoms with Crippen LogP contribution in [0, 0.1) is 0 Å². The van der Waals surface area contributed by atoms with Gasteiger partial charge in [-0.1, -0.05) is 25.1 Å². The molecule has 0 aromatic heterocycles. The van der Waals surface area contributed by atoms with E-state index in [1.54, 1.807) is 0 Å². The maximum atomic E-state index is 10.2. The largest absolute Gasteiger partial charge is 0.388 e. The van der Waals surface area contributed by atoms with Crippen molar-refractivity contribution in [2.45, 2.75) is 38.3 Å². The molecule has 3 nitrogen and oxygen atoms in total. The molecule has 1 aliphatic heterocycles. The molecule has 0 saturated heterocycles. The molecule has 1 aromatic carbocycles. The number of hydrogen-bond donors (Lipinski definition) is 2. The van der Waals surface area contributed by atoms with E-state index in [1.807, 2.05) is 26.0 Å². The van der Waals surface area contributed by atoms with Crippen LogP contribution in [0.15, 0.2) is 24.3 Å². The van der Waals surface area contributed by atoms with Crippen LogP contribution >= 0.6 is 0 Å². The highest BCUT2D eigenvalue weighted by Gasteiger charge is 2.27. The third-order valence-corrected chi connectivity index (χ3v) is 3.68. The van der Waals surface area contributed by atoms with E-state index in [0.29, 0.717) is 6.54 Å². The summed E-state index contributed by atoms with van der Waals surface area (Å²) in [5, 5.41) is 10.2. The van der Waals surface area contributed by atoms with Crippen LogP contribution in [0.2, 0.25) is 0 Å². The molecule has 0 bridgehead atoms. The minimum atomic E-state index is -0.630. The Labute approximate surface area is 103 Å². The van der Waals surface area contributed by atoms with Crippen molar-refractivity contribution < 1.29 is 5.11 Å². The minimum Gasteiger partial charge on any atom is -0.388 e. The molecule has 0 saturated carbocycles. The van der Waals surface area contributed by atoms with Crippen molar-refractivity contribution in [3.63, 3.8) is 0 Å². The fourth-order valence-electron chi connectivity index (χ4n) is 2.35. The van der Waals surface area contributed by atoms with Gasteiger partial charge < -0.3 is 15.7 Å². The van der Waals surface area contributed by atoms with Crippen molar-refractivity contribution in [2.24, 2.45) is 5.73 Å². The van der Waals surface area contributed by atoms with Crippen molar-refractivity contribution in [3.05, 3.63) is 29.8 Å². The Morgan fingerprint density at radius 2 is 2.18 bits per heavy atom. The molecular formula is C14H22N2O. The Balaban J connectivity index is 2.24. The van der Waals surface area contributed by atoms with Gasteiger partial charge in [-0.05, 0) is 31.4 Å². The molecule has 3 heteroatoms. The average Bonchev–Trinajstić information content (AvgIpc) is 2.33. The second-order valence-corrected chi connectivity index (χ2v) is 5.23. The number of aliphatic hydroxyl groups is 1. The molecule has 94 valence electrons. The summed E-state index contributed by atoms with van der Waals surface area (Å²) in [5.41, 5.74) is 7.87. The number of benzene rings is 1. The van der Waals surface area contributed by atoms with Gasteiger partial charge >= 0.3 is 0 Å². The number of nitrogens with zero attached hydrogens (tertiary/aromatic N) is 1. The summed E-state index contributed by atoms with van der Waals surface area (Å²) >= 11 is 0. The highest BCUT2D eigenvalue weighted by molar-refractivity contribution is 5.57. The van der Waals surface area contributed by atoms with E-state index in [4.69, 9.17) is 5.73 Å². The van der Waals surface area contributed by atoms with Crippen LogP contribution in [-0.4, -0.2) is 23.8 Å². The normalized spacial score (nSPS) is 23.1. The predicted molar refractivity (Wildman–Crippen MR) is 71.1 cm³/mol. The summed E-state index contributed by atoms with van der Waals surface area (Å²) in [6.07, 6.45) is 1.72. The number of hydrogen-bond acceptors (Lipinski definition) is 3. The van der Waals surface area contributed by atoms with E-state index in [1.165, 1.54) is 11.3 Å². The lowest BCUT2D eigenvalue weighted by atomic mass is 9.94. The Morgan fingerprint density at radius 3 is 2.88 bits per heavy atom. The third-order valence-electron chi connectivity index (χ3n) is 3.68. The van der Waals surface area contributed by atoms with Crippen molar-refractivity contribution in [1.29, 1.82) is 0 Å². The van der Waals surface area contributed by atoms with Gasteiger partial charge in [-0.3, -0.25) is 0 Å². The number of rotatable bonds is 3. The zero-order valence-corrected chi connectivity index (χ0v) is 10.7. The molecule has 1 aliphatic rings. The van der Waals surface area contributed by atoms with E-state index < -0.39 is 5.60 Å². The maximum absolute atomic E-state index is 10.2. The molecule has 0 spiro atoms. The second kappa shape index (κ2) is 4.67. The lowest BCUT2D eigenvalue weighted by Crippen LogP contribution is -2.44. The molecule has 1 aromatic rings. The summed E-state index contributed by atoms with van der Waals surface area (Å²) in [6, 6.07) is 8.38. The van der Waals surface area contributed by atoms with Gasteiger partial charge in [0, 0.05) is 24.8 Å². The quantitative estimate of drug-likeness (QED) is 0.841. The Kier molecular flexibility index (Phi) is 3.40. The number of anilines is 1. The molecule has 2 atom stereocenters. The van der Waals surface area contributed by atoms with Crippen LogP contribution in [0.5, 0.6) is 0 Å². The molecule has 0 amide bonds. The van der Waals surface area contributed by atoms with Gasteiger partial charge in [-0.25, -0.2) is 0 Å². The van der Waals surface area contributed by atoms with Gasteiger partial charge in [-0.2, -0.15) is 0 Å². The minimum absolute atomic E-state index is 0.133. The Bertz CT molecular complexity index is 390. The average molecular weight is 234 g/mol. The smallest absolute Gasteiger partial charge is 0.0791 e. The van der Waals surface area contributed by atoms with E-state index in [-0.39, 0.29) is 6.04 Å². The van der Waals surface area contributed by atoms with E-state index in [0.717, 1.165) is 19.4 Å². The highest BCUT2D eigenvalue weighted by Crippen LogP contribution is 2.33. The van der Waals surface area contributed by atoms with Crippen LogP contribution in [0.1, 0.15) is 38.3 Å². The monoisotopic (exact) mass is 234 g/mol. The maximum Gasteiger partial charge on any atom is 0.0791 e. The number of β-amino-alcohol motifs (C(OH)–C–C–N with tert-alkyl or cyclic N) is 1. The van der Waals surface area contributed by atoms with Gasteiger partial charge in [0.05, 0.1) is 5.60 Å². The molecule has 3 N–H and O–H groups in total. The van der Waals surface area contributed by atoms with E-state index in [9.17, 15) is 5.11 Å². The first-order chi connectivity index (χ1) is 8.03. The zero-order chi connectivity index (χ0) is 12.5. The zero-order valence-electron chi connectivity index (χ0n) is 10.7. The van der Waals surface area contributed by atoms with Crippen molar-refractivity contribution in [3.8, 4) is 0 Å². The van der Waals surface area contributed by atoms with Gasteiger partial charge in [0.2, 0.25) is 0 Å². The molecule has 0 aliphatic carbocycles. The van der Waals surface area contributed by atoms with Gasteiger partial charge in [0.15, 0.2) is 0 Å². The standard InChI is InChI=1S/C14H22N2O/c1-3-14(2,17)10-16-9-8-12(15)11-6-4-5-7-13(11)16/h4-7,12,17H,3,8-10,15H2,1-2H3. The van der Waals surface area contributed by atoms with Crippen LogP contribution < -0.4 is 10.6 Å². The highest BCUT2D eigenvalue weighted by atomic mass is 16.3. The fraction of sp³-hybridized carbons (Fsp3) is 0.571. The summed E-state index contributed by atoms with van der Waals surface area (Å²) < 4.78 is 0. The van der Waals surface area contributed by atoms with E-state index >= 15 is 0 Å². The molecule has 0 fully saturated rings. The molecule has 17 heavy (non-hydrogen) atoms.